The molecule has 0 fully saturated rings. The van der Waals surface area contributed by atoms with Gasteiger partial charge in [-0.3, -0.25) is 4.79 Å². The molecule has 1 aromatic carbocycles. The lowest BCUT2D eigenvalue weighted by atomic mass is 10.3. The molecule has 6 nitrogen and oxygen atoms in total. The van der Waals surface area contributed by atoms with Gasteiger partial charge in [0.2, 0.25) is 10.0 Å². The molecule has 2 N–H and O–H groups in total. The van der Waals surface area contributed by atoms with Crippen molar-refractivity contribution in [2.45, 2.75) is 4.90 Å². The van der Waals surface area contributed by atoms with E-state index in [0.717, 1.165) is 12.1 Å². The quantitative estimate of drug-likeness (QED) is 0.781. The summed E-state index contributed by atoms with van der Waals surface area (Å²) in [6.07, 6.45) is 1.33. The second kappa shape index (κ2) is 6.67. The third kappa shape index (κ3) is 3.89. The molecule has 0 saturated carbocycles. The third-order valence-corrected chi connectivity index (χ3v) is 4.11. The van der Waals surface area contributed by atoms with Gasteiger partial charge in [0, 0.05) is 13.1 Å². The van der Waals surface area contributed by atoms with E-state index in [1.165, 1.54) is 12.3 Å². The number of carbonyl (C=O) groups is 1. The Hall–Kier alpha value is -2.26. The molecule has 2 aromatic rings. The van der Waals surface area contributed by atoms with Crippen molar-refractivity contribution in [2.75, 3.05) is 13.1 Å². The minimum atomic E-state index is -3.98. The fourth-order valence-electron chi connectivity index (χ4n) is 1.58. The Bertz CT molecular complexity index is 760. The molecular weight excluding hydrogens is 318 g/mol. The van der Waals surface area contributed by atoms with Crippen molar-refractivity contribution in [3.05, 3.63) is 54.0 Å². The van der Waals surface area contributed by atoms with Crippen molar-refractivity contribution in [3.63, 3.8) is 0 Å². The van der Waals surface area contributed by atoms with Gasteiger partial charge in [-0.15, -0.1) is 0 Å². The van der Waals surface area contributed by atoms with E-state index in [2.05, 4.69) is 10.0 Å². The summed E-state index contributed by atoms with van der Waals surface area (Å²) in [7, 11) is -3.98. The highest BCUT2D eigenvalue weighted by Gasteiger charge is 2.16. The highest BCUT2D eigenvalue weighted by molar-refractivity contribution is 7.89. The number of carbonyl (C=O) groups excluding carboxylic acids is 1. The normalized spacial score (nSPS) is 11.4. The van der Waals surface area contributed by atoms with Crippen LogP contribution in [0.3, 0.4) is 0 Å². The summed E-state index contributed by atoms with van der Waals surface area (Å²) in [6, 6.07) is 5.26. The zero-order valence-electron chi connectivity index (χ0n) is 11.2. The zero-order valence-corrected chi connectivity index (χ0v) is 12.0. The molecule has 118 valence electrons. The first-order valence-electron chi connectivity index (χ1n) is 6.16. The van der Waals surface area contributed by atoms with Crippen LogP contribution in [0, 0.1) is 11.6 Å². The molecule has 1 aromatic heterocycles. The van der Waals surface area contributed by atoms with Crippen molar-refractivity contribution in [3.8, 4) is 0 Å². The smallest absolute Gasteiger partial charge is 0.287 e. The molecule has 0 aliphatic carbocycles. The highest BCUT2D eigenvalue weighted by atomic mass is 32.2. The maximum atomic E-state index is 13.0. The van der Waals surface area contributed by atoms with E-state index in [-0.39, 0.29) is 18.8 Å². The second-order valence-corrected chi connectivity index (χ2v) is 5.97. The first-order valence-corrected chi connectivity index (χ1v) is 7.65. The van der Waals surface area contributed by atoms with Crippen molar-refractivity contribution in [1.82, 2.24) is 10.0 Å². The van der Waals surface area contributed by atoms with E-state index in [4.69, 9.17) is 4.42 Å². The summed E-state index contributed by atoms with van der Waals surface area (Å²) < 4.78 is 56.5. The van der Waals surface area contributed by atoms with Crippen LogP contribution in [0.5, 0.6) is 0 Å². The molecule has 0 atom stereocenters. The molecule has 0 radical (unpaired) electrons. The van der Waals surface area contributed by atoms with Crippen molar-refractivity contribution < 1.29 is 26.4 Å². The standard InChI is InChI=1S/C13H12F2N2O4S/c14-10-4-3-9(8-11(10)15)22(19,20)17-6-5-16-13(18)12-2-1-7-21-12/h1-4,7-8,17H,5-6H2,(H,16,18). The molecule has 9 heteroatoms. The van der Waals surface area contributed by atoms with Gasteiger partial charge in [-0.25, -0.2) is 21.9 Å². The average Bonchev–Trinajstić information content (AvgIpc) is 3.00. The molecule has 0 bridgehead atoms. The van der Waals surface area contributed by atoms with E-state index in [1.54, 1.807) is 6.07 Å². The summed E-state index contributed by atoms with van der Waals surface area (Å²) in [4.78, 5) is 11.1. The molecule has 0 spiro atoms. The molecule has 0 aliphatic heterocycles. The summed E-state index contributed by atoms with van der Waals surface area (Å²) in [5.74, 6) is -2.78. The van der Waals surface area contributed by atoms with E-state index in [1.807, 2.05) is 0 Å². The van der Waals surface area contributed by atoms with Crippen molar-refractivity contribution in [1.29, 1.82) is 0 Å². The van der Waals surface area contributed by atoms with Crippen LogP contribution in [0.1, 0.15) is 10.6 Å². The van der Waals surface area contributed by atoms with Crippen LogP contribution in [0.25, 0.3) is 0 Å². The second-order valence-electron chi connectivity index (χ2n) is 4.21. The van der Waals surface area contributed by atoms with Gasteiger partial charge in [-0.1, -0.05) is 0 Å². The van der Waals surface area contributed by atoms with Gasteiger partial charge in [0.05, 0.1) is 11.2 Å². The van der Waals surface area contributed by atoms with Crippen LogP contribution in [-0.2, 0) is 10.0 Å². The van der Waals surface area contributed by atoms with Crippen molar-refractivity contribution >= 4 is 15.9 Å². The molecule has 0 saturated heterocycles. The van der Waals surface area contributed by atoms with Gasteiger partial charge < -0.3 is 9.73 Å². The maximum absolute atomic E-state index is 13.0. The van der Waals surface area contributed by atoms with Crippen LogP contribution in [-0.4, -0.2) is 27.4 Å². The summed E-state index contributed by atoms with van der Waals surface area (Å²) in [5, 5.41) is 2.44. The van der Waals surface area contributed by atoms with E-state index >= 15 is 0 Å². The fraction of sp³-hybridized carbons (Fsp3) is 0.154. The predicted molar refractivity (Wildman–Crippen MR) is 72.6 cm³/mol. The Morgan fingerprint density at radius 2 is 1.91 bits per heavy atom. The van der Waals surface area contributed by atoms with Gasteiger partial charge in [0.1, 0.15) is 0 Å². The number of amides is 1. The minimum absolute atomic E-state index is 0.00242. The first kappa shape index (κ1) is 16.1. The molecular formula is C13H12F2N2O4S. The molecule has 0 unspecified atom stereocenters. The number of sulfonamides is 1. The van der Waals surface area contributed by atoms with Crippen LogP contribution in [0.4, 0.5) is 8.78 Å². The number of benzene rings is 1. The van der Waals surface area contributed by atoms with Crippen LogP contribution < -0.4 is 10.0 Å². The van der Waals surface area contributed by atoms with Gasteiger partial charge in [0.25, 0.3) is 5.91 Å². The number of hydrogen-bond donors (Lipinski definition) is 2. The Kier molecular flexibility index (Phi) is 4.88. The Labute approximate surface area is 125 Å². The SMILES string of the molecule is O=C(NCCNS(=O)(=O)c1ccc(F)c(F)c1)c1ccco1. The lowest BCUT2D eigenvalue weighted by Crippen LogP contribution is -2.34. The van der Waals surface area contributed by atoms with Crippen LogP contribution in [0.15, 0.2) is 45.9 Å². The summed E-state index contributed by atoms with van der Waals surface area (Å²) in [5.41, 5.74) is 0. The summed E-state index contributed by atoms with van der Waals surface area (Å²) >= 11 is 0. The van der Waals surface area contributed by atoms with Gasteiger partial charge in [0.15, 0.2) is 17.4 Å². The number of nitrogens with one attached hydrogen (secondary N) is 2. The topological polar surface area (TPSA) is 88.4 Å². The Morgan fingerprint density at radius 3 is 2.55 bits per heavy atom. The first-order chi connectivity index (χ1) is 10.4. The zero-order chi connectivity index (χ0) is 16.2. The Balaban J connectivity index is 1.87. The monoisotopic (exact) mass is 330 g/mol. The molecule has 22 heavy (non-hydrogen) atoms. The number of hydrogen-bond acceptors (Lipinski definition) is 4. The molecule has 1 heterocycles. The number of halogens is 2. The minimum Gasteiger partial charge on any atom is -0.459 e. The predicted octanol–water partition coefficient (Wildman–Crippen LogP) is 1.27. The van der Waals surface area contributed by atoms with E-state index in [0.29, 0.717) is 6.07 Å². The van der Waals surface area contributed by atoms with E-state index < -0.39 is 32.5 Å². The van der Waals surface area contributed by atoms with Crippen LogP contribution in [0.2, 0.25) is 0 Å². The van der Waals surface area contributed by atoms with Gasteiger partial charge in [-0.2, -0.15) is 0 Å². The molecule has 1 amide bonds. The van der Waals surface area contributed by atoms with E-state index in [9.17, 15) is 22.0 Å². The molecule has 0 aliphatic rings. The van der Waals surface area contributed by atoms with Crippen LogP contribution >= 0.6 is 0 Å². The Morgan fingerprint density at radius 1 is 1.14 bits per heavy atom. The van der Waals surface area contributed by atoms with Crippen molar-refractivity contribution in [2.24, 2.45) is 0 Å². The lowest BCUT2D eigenvalue weighted by Gasteiger charge is -2.07. The molecule has 2 rings (SSSR count). The van der Waals surface area contributed by atoms with Gasteiger partial charge in [-0.05, 0) is 30.3 Å². The van der Waals surface area contributed by atoms with Gasteiger partial charge >= 0.3 is 0 Å². The third-order valence-electron chi connectivity index (χ3n) is 2.65. The highest BCUT2D eigenvalue weighted by Crippen LogP contribution is 2.13. The number of furan rings is 1. The average molecular weight is 330 g/mol. The largest absolute Gasteiger partial charge is 0.459 e. The maximum Gasteiger partial charge on any atom is 0.287 e. The lowest BCUT2D eigenvalue weighted by molar-refractivity contribution is 0.0926. The fourth-order valence-corrected chi connectivity index (χ4v) is 2.63. The summed E-state index contributed by atoms with van der Waals surface area (Å²) in [6.45, 7) is -0.115. The number of rotatable bonds is 6.